The van der Waals surface area contributed by atoms with Crippen molar-refractivity contribution in [2.45, 2.75) is 37.8 Å². The van der Waals surface area contributed by atoms with Gasteiger partial charge < -0.3 is 20.9 Å². The van der Waals surface area contributed by atoms with Crippen LogP contribution in [0.25, 0.3) is 5.69 Å². The molecule has 1 amide bonds. The molecular formula is C23H24FN3O3. The summed E-state index contributed by atoms with van der Waals surface area (Å²) in [6, 6.07) is 15.0. The second-order valence-corrected chi connectivity index (χ2v) is 7.52. The minimum Gasteiger partial charge on any atom is -0.440 e. The molecular weight excluding hydrogens is 385 g/mol. The number of ether oxygens (including phenoxy) is 1. The molecule has 30 heavy (non-hydrogen) atoms. The van der Waals surface area contributed by atoms with E-state index in [0.717, 1.165) is 31.4 Å². The second-order valence-electron chi connectivity index (χ2n) is 7.52. The molecule has 0 radical (unpaired) electrons. The van der Waals surface area contributed by atoms with Gasteiger partial charge in [0.25, 0.3) is 5.91 Å². The van der Waals surface area contributed by atoms with Crippen LogP contribution in [0.2, 0.25) is 0 Å². The van der Waals surface area contributed by atoms with Crippen molar-refractivity contribution in [2.24, 2.45) is 5.73 Å². The molecule has 156 valence electrons. The smallest absolute Gasteiger partial charge is 0.250 e. The summed E-state index contributed by atoms with van der Waals surface area (Å²) in [6.45, 7) is 0. The lowest BCUT2D eigenvalue weighted by molar-refractivity contribution is 0.100. The number of amides is 1. The van der Waals surface area contributed by atoms with E-state index in [0.29, 0.717) is 22.9 Å². The first kappa shape index (κ1) is 20.0. The maximum Gasteiger partial charge on any atom is 0.250 e. The lowest BCUT2D eigenvalue weighted by atomic mass is 9.92. The molecule has 1 aliphatic rings. The molecule has 4 N–H and O–H groups in total. The summed E-state index contributed by atoms with van der Waals surface area (Å²) in [7, 11) is 0. The molecule has 1 aromatic heterocycles. The zero-order chi connectivity index (χ0) is 21.1. The molecule has 1 fully saturated rings. The molecule has 0 spiro atoms. The lowest BCUT2D eigenvalue weighted by Gasteiger charge is -2.28. The van der Waals surface area contributed by atoms with Gasteiger partial charge in [0.15, 0.2) is 0 Å². The number of anilines is 1. The molecule has 0 bridgehead atoms. The van der Waals surface area contributed by atoms with Gasteiger partial charge in [-0.15, -0.1) is 0 Å². The number of rotatable bonds is 6. The number of carbonyl (C=O) groups excluding carboxylic acids is 1. The summed E-state index contributed by atoms with van der Waals surface area (Å²) in [4.78, 5) is 11.9. The number of primary amides is 1. The Labute approximate surface area is 174 Å². The number of benzene rings is 2. The van der Waals surface area contributed by atoms with Crippen LogP contribution in [0.1, 0.15) is 36.0 Å². The van der Waals surface area contributed by atoms with E-state index >= 15 is 0 Å². The number of aliphatic hydroxyl groups is 1. The SMILES string of the molecule is NC(=O)c1ccc(-n2cccc2Oc2cccc(F)c2)cc1N[C@H]1CC[C@H](O)CC1. The van der Waals surface area contributed by atoms with Gasteiger partial charge in [-0.2, -0.15) is 0 Å². The average molecular weight is 409 g/mol. The van der Waals surface area contributed by atoms with Gasteiger partial charge in [0, 0.05) is 30.1 Å². The van der Waals surface area contributed by atoms with Crippen LogP contribution in [0.4, 0.5) is 10.1 Å². The largest absolute Gasteiger partial charge is 0.440 e. The third kappa shape index (κ3) is 4.46. The summed E-state index contributed by atoms with van der Waals surface area (Å²) in [5.41, 5.74) is 7.40. The van der Waals surface area contributed by atoms with Gasteiger partial charge in [0.05, 0.1) is 17.4 Å². The fourth-order valence-corrected chi connectivity index (χ4v) is 3.77. The quantitative estimate of drug-likeness (QED) is 0.569. The highest BCUT2D eigenvalue weighted by molar-refractivity contribution is 5.99. The zero-order valence-electron chi connectivity index (χ0n) is 16.4. The number of carbonyl (C=O) groups is 1. The average Bonchev–Trinajstić information content (AvgIpc) is 3.17. The lowest BCUT2D eigenvalue weighted by Crippen LogP contribution is -2.29. The second kappa shape index (κ2) is 8.59. The van der Waals surface area contributed by atoms with Crippen LogP contribution in [0, 0.1) is 5.82 Å². The van der Waals surface area contributed by atoms with Crippen LogP contribution in [-0.2, 0) is 0 Å². The van der Waals surface area contributed by atoms with Crippen molar-refractivity contribution in [2.75, 3.05) is 5.32 Å². The molecule has 1 aliphatic carbocycles. The topological polar surface area (TPSA) is 89.5 Å². The number of aliphatic hydroxyl groups excluding tert-OH is 1. The van der Waals surface area contributed by atoms with Crippen LogP contribution >= 0.6 is 0 Å². The molecule has 4 rings (SSSR count). The maximum absolute atomic E-state index is 13.5. The van der Waals surface area contributed by atoms with E-state index in [4.69, 9.17) is 10.5 Å². The van der Waals surface area contributed by atoms with E-state index in [2.05, 4.69) is 5.32 Å². The van der Waals surface area contributed by atoms with Crippen molar-refractivity contribution >= 4 is 11.6 Å². The van der Waals surface area contributed by atoms with Crippen molar-refractivity contribution in [3.05, 3.63) is 72.2 Å². The molecule has 7 heteroatoms. The Morgan fingerprint density at radius 1 is 1.10 bits per heavy atom. The van der Waals surface area contributed by atoms with Crippen LogP contribution < -0.4 is 15.8 Å². The minimum absolute atomic E-state index is 0.162. The molecule has 2 aromatic carbocycles. The normalized spacial score (nSPS) is 18.7. The van der Waals surface area contributed by atoms with Gasteiger partial charge in [-0.05, 0) is 62.1 Å². The Morgan fingerprint density at radius 3 is 2.63 bits per heavy atom. The van der Waals surface area contributed by atoms with Crippen LogP contribution in [0.15, 0.2) is 60.8 Å². The van der Waals surface area contributed by atoms with Crippen molar-refractivity contribution in [1.29, 1.82) is 0 Å². The van der Waals surface area contributed by atoms with Crippen molar-refractivity contribution in [3.8, 4) is 17.3 Å². The Bertz CT molecular complexity index is 1040. The van der Waals surface area contributed by atoms with Gasteiger partial charge >= 0.3 is 0 Å². The molecule has 1 heterocycles. The van der Waals surface area contributed by atoms with Crippen molar-refractivity contribution < 1.29 is 19.0 Å². The number of halogens is 1. The highest BCUT2D eigenvalue weighted by atomic mass is 19.1. The fourth-order valence-electron chi connectivity index (χ4n) is 3.77. The van der Waals surface area contributed by atoms with E-state index in [1.54, 1.807) is 30.3 Å². The summed E-state index contributed by atoms with van der Waals surface area (Å²) in [5.74, 6) is 0.0196. The Hall–Kier alpha value is -3.32. The number of nitrogens with zero attached hydrogens (tertiary/aromatic N) is 1. The van der Waals surface area contributed by atoms with Crippen LogP contribution in [0.5, 0.6) is 11.6 Å². The highest BCUT2D eigenvalue weighted by Gasteiger charge is 2.21. The van der Waals surface area contributed by atoms with Gasteiger partial charge in [-0.1, -0.05) is 6.07 Å². The van der Waals surface area contributed by atoms with E-state index in [9.17, 15) is 14.3 Å². The summed E-state index contributed by atoms with van der Waals surface area (Å²) < 4.78 is 21.1. The first-order valence-electron chi connectivity index (χ1n) is 9.99. The predicted molar refractivity (Wildman–Crippen MR) is 113 cm³/mol. The number of hydrogen-bond donors (Lipinski definition) is 3. The Morgan fingerprint density at radius 2 is 1.90 bits per heavy atom. The third-order valence-corrected chi connectivity index (χ3v) is 5.33. The van der Waals surface area contributed by atoms with Crippen LogP contribution in [0.3, 0.4) is 0 Å². The fraction of sp³-hybridized carbons (Fsp3) is 0.261. The molecule has 6 nitrogen and oxygen atoms in total. The number of nitrogens with two attached hydrogens (primary N) is 1. The number of nitrogens with one attached hydrogen (secondary N) is 1. The van der Waals surface area contributed by atoms with Gasteiger partial charge in [-0.25, -0.2) is 4.39 Å². The van der Waals surface area contributed by atoms with Crippen molar-refractivity contribution in [1.82, 2.24) is 4.57 Å². The molecule has 0 saturated heterocycles. The minimum atomic E-state index is -0.511. The summed E-state index contributed by atoms with van der Waals surface area (Å²) in [6.07, 6.45) is 4.67. The Balaban J connectivity index is 1.62. The van der Waals surface area contributed by atoms with Gasteiger partial charge in [-0.3, -0.25) is 9.36 Å². The van der Waals surface area contributed by atoms with Gasteiger partial charge in [0.1, 0.15) is 11.6 Å². The molecule has 1 saturated carbocycles. The highest BCUT2D eigenvalue weighted by Crippen LogP contribution is 2.30. The summed E-state index contributed by atoms with van der Waals surface area (Å²) >= 11 is 0. The maximum atomic E-state index is 13.5. The van der Waals surface area contributed by atoms with Crippen LogP contribution in [-0.4, -0.2) is 27.7 Å². The molecule has 0 unspecified atom stereocenters. The monoisotopic (exact) mass is 409 g/mol. The van der Waals surface area contributed by atoms with Crippen molar-refractivity contribution in [3.63, 3.8) is 0 Å². The zero-order valence-corrected chi connectivity index (χ0v) is 16.4. The molecule has 0 aliphatic heterocycles. The molecule has 0 atom stereocenters. The van der Waals surface area contributed by atoms with E-state index in [1.165, 1.54) is 12.1 Å². The Kier molecular flexibility index (Phi) is 5.72. The van der Waals surface area contributed by atoms with E-state index in [1.807, 2.05) is 22.9 Å². The first-order chi connectivity index (χ1) is 14.5. The molecule has 3 aromatic rings. The first-order valence-corrected chi connectivity index (χ1v) is 9.99. The predicted octanol–water partition coefficient (Wildman–Crippen LogP) is 4.22. The third-order valence-electron chi connectivity index (χ3n) is 5.33. The van der Waals surface area contributed by atoms with E-state index in [-0.39, 0.29) is 18.0 Å². The number of hydrogen-bond acceptors (Lipinski definition) is 4. The number of aromatic nitrogens is 1. The van der Waals surface area contributed by atoms with Gasteiger partial charge in [0.2, 0.25) is 5.88 Å². The summed E-state index contributed by atoms with van der Waals surface area (Å²) in [5, 5.41) is 13.1. The van der Waals surface area contributed by atoms with E-state index < -0.39 is 5.91 Å². The standard InChI is InChI=1S/C23H24FN3O3/c24-15-3-1-4-19(13-15)30-22-5-2-12-27(22)17-8-11-20(23(25)29)21(14-17)26-16-6-9-18(28)10-7-16/h1-5,8,11-14,16,18,26,28H,6-7,9-10H2,(H2,25,29)/t16-,18-.